The fraction of sp³-hybridized carbons (Fsp3) is 0.583. The molecular formula is C12H18ClN3. The molecule has 3 nitrogen and oxygen atoms in total. The van der Waals surface area contributed by atoms with Crippen LogP contribution in [-0.4, -0.2) is 30.0 Å². The minimum Gasteiger partial charge on any atom is -0.373 e. The maximum absolute atomic E-state index is 6.15. The molecule has 0 aromatic carbocycles. The summed E-state index contributed by atoms with van der Waals surface area (Å²) >= 11 is 6.15. The number of halogens is 1. The highest BCUT2D eigenvalue weighted by atomic mass is 35.5. The zero-order chi connectivity index (χ0) is 11.5. The molecule has 1 aliphatic carbocycles. The zero-order valence-corrected chi connectivity index (χ0v) is 10.6. The van der Waals surface area contributed by atoms with Gasteiger partial charge in [-0.2, -0.15) is 0 Å². The molecule has 0 saturated heterocycles. The van der Waals surface area contributed by atoms with E-state index in [1.807, 2.05) is 19.2 Å². The van der Waals surface area contributed by atoms with Crippen molar-refractivity contribution in [3.05, 3.63) is 22.8 Å². The van der Waals surface area contributed by atoms with E-state index in [-0.39, 0.29) is 0 Å². The molecule has 1 fully saturated rings. The third-order valence-corrected chi connectivity index (χ3v) is 3.62. The van der Waals surface area contributed by atoms with E-state index in [4.69, 9.17) is 11.6 Å². The molecule has 88 valence electrons. The Hall–Kier alpha value is -0.800. The lowest BCUT2D eigenvalue weighted by Gasteiger charge is -2.34. The van der Waals surface area contributed by atoms with Crippen molar-refractivity contribution in [2.75, 3.05) is 19.4 Å². The second-order valence-electron chi connectivity index (χ2n) is 4.37. The summed E-state index contributed by atoms with van der Waals surface area (Å²) in [5.41, 5.74) is 0.961. The van der Waals surface area contributed by atoms with Gasteiger partial charge in [-0.05, 0) is 32.0 Å². The second kappa shape index (κ2) is 5.02. The molecule has 0 atom stereocenters. The van der Waals surface area contributed by atoms with Crippen molar-refractivity contribution in [1.29, 1.82) is 0 Å². The van der Waals surface area contributed by atoms with Gasteiger partial charge in [0, 0.05) is 19.6 Å². The first-order valence-electron chi connectivity index (χ1n) is 5.74. The number of hydrogen-bond donors (Lipinski definition) is 1. The Morgan fingerprint density at radius 2 is 2.25 bits per heavy atom. The molecule has 0 unspecified atom stereocenters. The Balaban J connectivity index is 2.06. The molecule has 2 rings (SSSR count). The Morgan fingerprint density at radius 1 is 1.50 bits per heavy atom. The highest BCUT2D eigenvalue weighted by molar-refractivity contribution is 6.31. The van der Waals surface area contributed by atoms with Gasteiger partial charge in [0.15, 0.2) is 0 Å². The summed E-state index contributed by atoms with van der Waals surface area (Å²) in [6.45, 7) is 0.832. The number of hydrogen-bond acceptors (Lipinski definition) is 3. The lowest BCUT2D eigenvalue weighted by Crippen LogP contribution is -2.36. The molecule has 0 radical (unpaired) electrons. The summed E-state index contributed by atoms with van der Waals surface area (Å²) < 4.78 is 0. The van der Waals surface area contributed by atoms with E-state index in [1.54, 1.807) is 0 Å². The average molecular weight is 240 g/mol. The maximum Gasteiger partial charge on any atom is 0.126 e. The van der Waals surface area contributed by atoms with Gasteiger partial charge >= 0.3 is 0 Å². The van der Waals surface area contributed by atoms with Gasteiger partial charge in [0.05, 0.1) is 10.7 Å². The molecule has 1 aromatic heterocycles. The zero-order valence-electron chi connectivity index (χ0n) is 9.83. The molecule has 1 N–H and O–H groups in total. The predicted molar refractivity (Wildman–Crippen MR) is 67.9 cm³/mol. The SMILES string of the molecule is CNc1ccc(Cl)c(CN(C)C2CCC2)n1. The van der Waals surface area contributed by atoms with E-state index in [0.717, 1.165) is 29.1 Å². The van der Waals surface area contributed by atoms with Crippen LogP contribution >= 0.6 is 11.6 Å². The second-order valence-corrected chi connectivity index (χ2v) is 4.78. The monoisotopic (exact) mass is 239 g/mol. The smallest absolute Gasteiger partial charge is 0.126 e. The van der Waals surface area contributed by atoms with Gasteiger partial charge < -0.3 is 5.32 Å². The molecule has 0 bridgehead atoms. The van der Waals surface area contributed by atoms with Gasteiger partial charge in [-0.15, -0.1) is 0 Å². The van der Waals surface area contributed by atoms with Crippen LogP contribution in [0.5, 0.6) is 0 Å². The number of aromatic nitrogens is 1. The highest BCUT2D eigenvalue weighted by Crippen LogP contribution is 2.26. The summed E-state index contributed by atoms with van der Waals surface area (Å²) in [5.74, 6) is 0.876. The van der Waals surface area contributed by atoms with Crippen molar-refractivity contribution in [1.82, 2.24) is 9.88 Å². The van der Waals surface area contributed by atoms with Crippen molar-refractivity contribution < 1.29 is 0 Å². The van der Waals surface area contributed by atoms with E-state index >= 15 is 0 Å². The predicted octanol–water partition coefficient (Wildman–Crippen LogP) is 2.76. The topological polar surface area (TPSA) is 28.2 Å². The normalized spacial score (nSPS) is 16.2. The van der Waals surface area contributed by atoms with Crippen LogP contribution in [0.2, 0.25) is 5.02 Å². The molecule has 4 heteroatoms. The number of pyridine rings is 1. The molecule has 16 heavy (non-hydrogen) atoms. The Bertz CT molecular complexity index is 363. The molecule has 1 saturated carbocycles. The molecule has 1 aromatic rings. The van der Waals surface area contributed by atoms with E-state index in [0.29, 0.717) is 0 Å². The van der Waals surface area contributed by atoms with Gasteiger partial charge in [-0.25, -0.2) is 4.98 Å². The third kappa shape index (κ3) is 2.47. The Kier molecular flexibility index (Phi) is 3.66. The van der Waals surface area contributed by atoms with Crippen molar-refractivity contribution in [3.63, 3.8) is 0 Å². The van der Waals surface area contributed by atoms with Crippen LogP contribution in [0.25, 0.3) is 0 Å². The first-order valence-corrected chi connectivity index (χ1v) is 6.12. The van der Waals surface area contributed by atoms with Crippen molar-refractivity contribution >= 4 is 17.4 Å². The van der Waals surface area contributed by atoms with Gasteiger partial charge in [-0.3, -0.25) is 4.90 Å². The summed E-state index contributed by atoms with van der Waals surface area (Å²) in [7, 11) is 4.02. The van der Waals surface area contributed by atoms with E-state index < -0.39 is 0 Å². The maximum atomic E-state index is 6.15. The van der Waals surface area contributed by atoms with Gasteiger partial charge in [0.25, 0.3) is 0 Å². The Labute approximate surface area is 102 Å². The third-order valence-electron chi connectivity index (χ3n) is 3.27. The van der Waals surface area contributed by atoms with Crippen LogP contribution in [-0.2, 0) is 6.54 Å². The van der Waals surface area contributed by atoms with Gasteiger partial charge in [0.1, 0.15) is 5.82 Å². The Morgan fingerprint density at radius 3 is 2.81 bits per heavy atom. The van der Waals surface area contributed by atoms with E-state index in [1.165, 1.54) is 19.3 Å². The van der Waals surface area contributed by atoms with Crippen LogP contribution in [0.4, 0.5) is 5.82 Å². The molecule has 0 spiro atoms. The standard InChI is InChI=1S/C12H18ClN3/c1-14-12-7-6-10(13)11(15-12)8-16(2)9-4-3-5-9/h6-7,9H,3-5,8H2,1-2H3,(H,14,15). The first-order chi connectivity index (χ1) is 7.70. The molecule has 0 amide bonds. The van der Waals surface area contributed by atoms with Crippen LogP contribution in [0, 0.1) is 0 Å². The first kappa shape index (κ1) is 11.7. The summed E-state index contributed by atoms with van der Waals surface area (Å²) in [5, 5.41) is 3.79. The largest absolute Gasteiger partial charge is 0.373 e. The quantitative estimate of drug-likeness (QED) is 0.876. The summed E-state index contributed by atoms with van der Waals surface area (Å²) in [6, 6.07) is 4.52. The number of anilines is 1. The lowest BCUT2D eigenvalue weighted by atomic mass is 9.92. The fourth-order valence-corrected chi connectivity index (χ4v) is 2.09. The summed E-state index contributed by atoms with van der Waals surface area (Å²) in [4.78, 5) is 6.83. The van der Waals surface area contributed by atoms with Crippen LogP contribution < -0.4 is 5.32 Å². The van der Waals surface area contributed by atoms with Crippen LogP contribution in [0.3, 0.4) is 0 Å². The number of rotatable bonds is 4. The van der Waals surface area contributed by atoms with Crippen molar-refractivity contribution in [3.8, 4) is 0 Å². The number of nitrogens with one attached hydrogen (secondary N) is 1. The fourth-order valence-electron chi connectivity index (χ4n) is 1.93. The summed E-state index contributed by atoms with van der Waals surface area (Å²) in [6.07, 6.45) is 3.96. The minimum atomic E-state index is 0.719. The van der Waals surface area contributed by atoms with Crippen LogP contribution in [0.15, 0.2) is 12.1 Å². The minimum absolute atomic E-state index is 0.719. The molecule has 0 aliphatic heterocycles. The van der Waals surface area contributed by atoms with Crippen molar-refractivity contribution in [2.24, 2.45) is 0 Å². The van der Waals surface area contributed by atoms with E-state index in [9.17, 15) is 0 Å². The van der Waals surface area contributed by atoms with Gasteiger partial charge in [0.2, 0.25) is 0 Å². The van der Waals surface area contributed by atoms with E-state index in [2.05, 4.69) is 22.2 Å². The molecular weight excluding hydrogens is 222 g/mol. The van der Waals surface area contributed by atoms with Crippen LogP contribution in [0.1, 0.15) is 25.0 Å². The lowest BCUT2D eigenvalue weighted by molar-refractivity contribution is 0.151. The molecule has 1 aliphatic rings. The molecule has 1 heterocycles. The number of nitrogens with zero attached hydrogens (tertiary/aromatic N) is 2. The average Bonchev–Trinajstić information content (AvgIpc) is 2.18. The van der Waals surface area contributed by atoms with Gasteiger partial charge in [-0.1, -0.05) is 18.0 Å². The highest BCUT2D eigenvalue weighted by Gasteiger charge is 2.22. The van der Waals surface area contributed by atoms with Crippen molar-refractivity contribution in [2.45, 2.75) is 31.8 Å².